The maximum atomic E-state index is 13.5. The quantitative estimate of drug-likeness (QED) is 0.907. The van der Waals surface area contributed by atoms with Crippen molar-refractivity contribution < 1.29 is 13.9 Å². The molecule has 1 atom stereocenters. The van der Waals surface area contributed by atoms with Crippen LogP contribution in [0.25, 0.3) is 0 Å². The average Bonchev–Trinajstić information content (AvgIpc) is 2.43. The zero-order chi connectivity index (χ0) is 14.5. The lowest BCUT2D eigenvalue weighted by molar-refractivity contribution is 0.123. The predicted octanol–water partition coefficient (Wildman–Crippen LogP) is 3.13. The summed E-state index contributed by atoms with van der Waals surface area (Å²) < 4.78 is 26.6. The van der Waals surface area contributed by atoms with Crippen LogP contribution < -0.4 is 0 Å². The monoisotopic (exact) mass is 277 g/mol. The van der Waals surface area contributed by atoms with E-state index in [-0.39, 0.29) is 12.1 Å². The van der Waals surface area contributed by atoms with Gasteiger partial charge in [0, 0.05) is 18.7 Å². The second-order valence-electron chi connectivity index (χ2n) is 4.86. The smallest absolute Gasteiger partial charge is 0.127 e. The van der Waals surface area contributed by atoms with Crippen molar-refractivity contribution in [2.45, 2.75) is 12.6 Å². The third kappa shape index (κ3) is 3.85. The molecule has 0 unspecified atom stereocenters. The molecule has 0 amide bonds. The van der Waals surface area contributed by atoms with Gasteiger partial charge in [0.25, 0.3) is 0 Å². The Morgan fingerprint density at radius 2 is 1.80 bits per heavy atom. The molecule has 2 rings (SSSR count). The summed E-state index contributed by atoms with van der Waals surface area (Å²) in [6.07, 6.45) is -0.655. The molecule has 0 aromatic heterocycles. The molecular formula is C16H17F2NO. The molecule has 0 aliphatic carbocycles. The topological polar surface area (TPSA) is 23.5 Å². The number of likely N-dealkylation sites (N-methyl/N-ethyl adjacent to an activating group) is 1. The normalized spacial score (nSPS) is 12.7. The molecule has 2 aromatic rings. The first-order valence-electron chi connectivity index (χ1n) is 6.42. The number of aliphatic hydroxyl groups is 1. The van der Waals surface area contributed by atoms with Crippen LogP contribution in [0, 0.1) is 11.6 Å². The Morgan fingerprint density at radius 3 is 2.50 bits per heavy atom. The second-order valence-corrected chi connectivity index (χ2v) is 4.86. The molecule has 1 N–H and O–H groups in total. The van der Waals surface area contributed by atoms with E-state index in [0.29, 0.717) is 6.54 Å². The highest BCUT2D eigenvalue weighted by Crippen LogP contribution is 2.16. The van der Waals surface area contributed by atoms with Crippen LogP contribution >= 0.6 is 0 Å². The van der Waals surface area contributed by atoms with Crippen LogP contribution in [-0.2, 0) is 6.54 Å². The minimum atomic E-state index is -0.655. The van der Waals surface area contributed by atoms with Gasteiger partial charge in [0.2, 0.25) is 0 Å². The number of aliphatic hydroxyl groups excluding tert-OH is 1. The summed E-state index contributed by atoms with van der Waals surface area (Å²) >= 11 is 0. The van der Waals surface area contributed by atoms with Crippen molar-refractivity contribution in [1.29, 1.82) is 0 Å². The summed E-state index contributed by atoms with van der Waals surface area (Å²) in [5.74, 6) is -0.897. The molecule has 0 saturated heterocycles. The SMILES string of the molecule is CN(Cc1cc(F)ccc1F)C[C@H](O)c1ccccc1. The van der Waals surface area contributed by atoms with Gasteiger partial charge < -0.3 is 5.11 Å². The molecule has 0 heterocycles. The van der Waals surface area contributed by atoms with Gasteiger partial charge in [-0.15, -0.1) is 0 Å². The van der Waals surface area contributed by atoms with Crippen molar-refractivity contribution in [2.75, 3.05) is 13.6 Å². The van der Waals surface area contributed by atoms with Gasteiger partial charge in [-0.05, 0) is 30.8 Å². The van der Waals surface area contributed by atoms with Gasteiger partial charge in [-0.2, -0.15) is 0 Å². The van der Waals surface area contributed by atoms with Gasteiger partial charge in [0.05, 0.1) is 6.10 Å². The number of rotatable bonds is 5. The van der Waals surface area contributed by atoms with Gasteiger partial charge in [-0.1, -0.05) is 30.3 Å². The average molecular weight is 277 g/mol. The highest BCUT2D eigenvalue weighted by molar-refractivity contribution is 5.19. The van der Waals surface area contributed by atoms with Crippen molar-refractivity contribution in [2.24, 2.45) is 0 Å². The first kappa shape index (κ1) is 14.6. The van der Waals surface area contributed by atoms with Gasteiger partial charge in [-0.25, -0.2) is 8.78 Å². The minimum absolute atomic E-state index is 0.244. The van der Waals surface area contributed by atoms with Crippen LogP contribution in [0.5, 0.6) is 0 Å². The molecule has 0 aliphatic heterocycles. The molecule has 0 aliphatic rings. The summed E-state index contributed by atoms with van der Waals surface area (Å²) in [5, 5.41) is 10.1. The van der Waals surface area contributed by atoms with E-state index in [9.17, 15) is 13.9 Å². The Balaban J connectivity index is 1.99. The largest absolute Gasteiger partial charge is 0.387 e. The number of halogens is 2. The second kappa shape index (κ2) is 6.59. The Labute approximate surface area is 117 Å². The fourth-order valence-corrected chi connectivity index (χ4v) is 2.10. The summed E-state index contributed by atoms with van der Waals surface area (Å²) in [6.45, 7) is 0.591. The number of nitrogens with zero attached hydrogens (tertiary/aromatic N) is 1. The van der Waals surface area contributed by atoms with E-state index in [2.05, 4.69) is 0 Å². The zero-order valence-electron chi connectivity index (χ0n) is 11.3. The third-order valence-corrected chi connectivity index (χ3v) is 3.12. The fourth-order valence-electron chi connectivity index (χ4n) is 2.10. The predicted molar refractivity (Wildman–Crippen MR) is 74.1 cm³/mol. The van der Waals surface area contributed by atoms with Crippen LogP contribution in [-0.4, -0.2) is 23.6 Å². The van der Waals surface area contributed by atoms with E-state index in [4.69, 9.17) is 0 Å². The van der Waals surface area contributed by atoms with Crippen LogP contribution in [0.4, 0.5) is 8.78 Å². The Morgan fingerprint density at radius 1 is 1.10 bits per heavy atom. The molecular weight excluding hydrogens is 260 g/mol. The van der Waals surface area contributed by atoms with Gasteiger partial charge in [0.1, 0.15) is 11.6 Å². The fraction of sp³-hybridized carbons (Fsp3) is 0.250. The molecule has 2 nitrogen and oxygen atoms in total. The molecule has 4 heteroatoms. The number of benzene rings is 2. The molecule has 0 fully saturated rings. The first-order chi connectivity index (χ1) is 9.56. The highest BCUT2D eigenvalue weighted by Gasteiger charge is 2.12. The molecule has 2 aromatic carbocycles. The van der Waals surface area contributed by atoms with E-state index >= 15 is 0 Å². The maximum absolute atomic E-state index is 13.5. The molecule has 0 bridgehead atoms. The van der Waals surface area contributed by atoms with Crippen molar-refractivity contribution in [3.63, 3.8) is 0 Å². The van der Waals surface area contributed by atoms with Crippen LogP contribution in [0.3, 0.4) is 0 Å². The lowest BCUT2D eigenvalue weighted by Gasteiger charge is -2.21. The minimum Gasteiger partial charge on any atom is -0.387 e. The van der Waals surface area contributed by atoms with Crippen molar-refractivity contribution >= 4 is 0 Å². The molecule has 20 heavy (non-hydrogen) atoms. The molecule has 0 saturated carbocycles. The molecule has 106 valence electrons. The van der Waals surface area contributed by atoms with Crippen LogP contribution in [0.2, 0.25) is 0 Å². The van der Waals surface area contributed by atoms with E-state index in [1.165, 1.54) is 6.07 Å². The Hall–Kier alpha value is -1.78. The van der Waals surface area contributed by atoms with Crippen molar-refractivity contribution in [1.82, 2.24) is 4.90 Å². The lowest BCUT2D eigenvalue weighted by atomic mass is 10.1. The van der Waals surface area contributed by atoms with E-state index < -0.39 is 17.7 Å². The molecule has 0 radical (unpaired) electrons. The maximum Gasteiger partial charge on any atom is 0.127 e. The number of hydrogen-bond acceptors (Lipinski definition) is 2. The number of hydrogen-bond donors (Lipinski definition) is 1. The Kier molecular flexibility index (Phi) is 4.82. The first-order valence-corrected chi connectivity index (χ1v) is 6.42. The molecule has 0 spiro atoms. The van der Waals surface area contributed by atoms with Crippen molar-refractivity contribution in [3.05, 3.63) is 71.3 Å². The van der Waals surface area contributed by atoms with Crippen LogP contribution in [0.15, 0.2) is 48.5 Å². The van der Waals surface area contributed by atoms with Gasteiger partial charge in [-0.3, -0.25) is 4.90 Å². The summed E-state index contributed by atoms with van der Waals surface area (Å²) in [6, 6.07) is 12.6. The third-order valence-electron chi connectivity index (χ3n) is 3.12. The summed E-state index contributed by atoms with van der Waals surface area (Å²) in [7, 11) is 1.76. The van der Waals surface area contributed by atoms with E-state index in [0.717, 1.165) is 17.7 Å². The Bertz CT molecular complexity index is 560. The zero-order valence-corrected chi connectivity index (χ0v) is 11.3. The van der Waals surface area contributed by atoms with Gasteiger partial charge >= 0.3 is 0 Å². The summed E-state index contributed by atoms with van der Waals surface area (Å²) in [4.78, 5) is 1.76. The van der Waals surface area contributed by atoms with E-state index in [1.807, 2.05) is 30.3 Å². The highest BCUT2D eigenvalue weighted by atomic mass is 19.1. The van der Waals surface area contributed by atoms with Crippen LogP contribution in [0.1, 0.15) is 17.2 Å². The standard InChI is InChI=1S/C16H17F2NO/c1-19(10-13-9-14(17)7-8-15(13)18)11-16(20)12-5-3-2-4-6-12/h2-9,16,20H,10-11H2,1H3/t16-/m0/s1. The van der Waals surface area contributed by atoms with E-state index in [1.54, 1.807) is 11.9 Å². The lowest BCUT2D eigenvalue weighted by Crippen LogP contribution is -2.24. The summed E-state index contributed by atoms with van der Waals surface area (Å²) in [5.41, 5.74) is 1.09. The van der Waals surface area contributed by atoms with Crippen molar-refractivity contribution in [3.8, 4) is 0 Å². The van der Waals surface area contributed by atoms with Gasteiger partial charge in [0.15, 0.2) is 0 Å².